The van der Waals surface area contributed by atoms with Gasteiger partial charge in [0.05, 0.1) is 11.8 Å². The summed E-state index contributed by atoms with van der Waals surface area (Å²) in [6, 6.07) is 4.19. The maximum atomic E-state index is 12.3. The second-order valence-electron chi connectivity index (χ2n) is 4.65. The van der Waals surface area contributed by atoms with Gasteiger partial charge in [0.15, 0.2) is 0 Å². The van der Waals surface area contributed by atoms with Crippen LogP contribution in [0.15, 0.2) is 18.2 Å². The molecule has 110 valence electrons. The van der Waals surface area contributed by atoms with E-state index in [2.05, 4.69) is 10.1 Å². The number of hydrogen-bond acceptors (Lipinski definition) is 3. The van der Waals surface area contributed by atoms with Gasteiger partial charge >= 0.3 is 12.6 Å². The molecule has 1 aliphatic rings. The maximum Gasteiger partial charge on any atom is 0.387 e. The summed E-state index contributed by atoms with van der Waals surface area (Å²) in [7, 11) is 0. The van der Waals surface area contributed by atoms with Crippen LogP contribution in [0.2, 0.25) is 0 Å². The topological polar surface area (TPSA) is 61.8 Å². The summed E-state index contributed by atoms with van der Waals surface area (Å²) in [5.74, 6) is -0.0758. The Kier molecular flexibility index (Phi) is 4.39. The van der Waals surface area contributed by atoms with Gasteiger partial charge in [0.1, 0.15) is 5.75 Å². The molecule has 0 radical (unpaired) electrons. The van der Waals surface area contributed by atoms with Crippen molar-refractivity contribution < 1.29 is 23.4 Å². The lowest BCUT2D eigenvalue weighted by Crippen LogP contribution is -2.34. The van der Waals surface area contributed by atoms with E-state index in [0.29, 0.717) is 18.5 Å². The van der Waals surface area contributed by atoms with E-state index in [9.17, 15) is 18.7 Å². The molecule has 20 heavy (non-hydrogen) atoms. The van der Waals surface area contributed by atoms with Crippen molar-refractivity contribution in [2.24, 2.45) is 0 Å². The lowest BCUT2D eigenvalue weighted by atomic mass is 10.2. The summed E-state index contributed by atoms with van der Waals surface area (Å²) >= 11 is 0. The molecule has 0 unspecified atom stereocenters. The Balaban J connectivity index is 2.13. The third-order valence-corrected chi connectivity index (χ3v) is 3.13. The molecule has 1 atom stereocenters. The number of hydrogen-bond donors (Lipinski definition) is 2. The number of aryl methyl sites for hydroxylation is 1. The SMILES string of the molecule is Cc1cccc(OC(F)F)c1NC(=O)N1CC[C@@H](O)C1. The van der Waals surface area contributed by atoms with E-state index in [0.717, 1.165) is 0 Å². The van der Waals surface area contributed by atoms with Crippen molar-refractivity contribution in [1.29, 1.82) is 0 Å². The molecule has 2 amide bonds. The van der Waals surface area contributed by atoms with Crippen molar-refractivity contribution >= 4 is 11.7 Å². The first-order chi connectivity index (χ1) is 9.47. The quantitative estimate of drug-likeness (QED) is 0.895. The highest BCUT2D eigenvalue weighted by Gasteiger charge is 2.25. The number of aliphatic hydroxyl groups excluding tert-OH is 1. The van der Waals surface area contributed by atoms with E-state index in [1.807, 2.05) is 0 Å². The maximum absolute atomic E-state index is 12.3. The van der Waals surface area contributed by atoms with Gasteiger partial charge in [-0.15, -0.1) is 0 Å². The van der Waals surface area contributed by atoms with Crippen molar-refractivity contribution in [1.82, 2.24) is 4.90 Å². The smallest absolute Gasteiger partial charge is 0.387 e. The summed E-state index contributed by atoms with van der Waals surface area (Å²) < 4.78 is 29.1. The molecule has 1 aliphatic heterocycles. The van der Waals surface area contributed by atoms with Gasteiger partial charge in [-0.3, -0.25) is 0 Å². The Bertz CT molecular complexity index is 497. The Hall–Kier alpha value is -1.89. The van der Waals surface area contributed by atoms with Crippen molar-refractivity contribution in [3.63, 3.8) is 0 Å². The molecule has 2 rings (SSSR count). The van der Waals surface area contributed by atoms with E-state index in [1.165, 1.54) is 11.0 Å². The molecule has 0 aliphatic carbocycles. The predicted molar refractivity (Wildman–Crippen MR) is 69.0 cm³/mol. The minimum atomic E-state index is -2.96. The van der Waals surface area contributed by atoms with E-state index in [1.54, 1.807) is 19.1 Å². The third kappa shape index (κ3) is 3.36. The number of nitrogens with one attached hydrogen (secondary N) is 1. The summed E-state index contributed by atoms with van der Waals surface area (Å²) in [6.45, 7) is -0.597. The Morgan fingerprint density at radius 2 is 2.30 bits per heavy atom. The van der Waals surface area contributed by atoms with Gasteiger partial charge in [-0.05, 0) is 25.0 Å². The fourth-order valence-electron chi connectivity index (χ4n) is 2.11. The average molecular weight is 286 g/mol. The average Bonchev–Trinajstić information content (AvgIpc) is 2.79. The number of aliphatic hydroxyl groups is 1. The first kappa shape index (κ1) is 14.5. The second-order valence-corrected chi connectivity index (χ2v) is 4.65. The lowest BCUT2D eigenvalue weighted by molar-refractivity contribution is -0.0493. The van der Waals surface area contributed by atoms with Gasteiger partial charge in [-0.25, -0.2) is 4.79 Å². The molecule has 1 heterocycles. The van der Waals surface area contributed by atoms with Gasteiger partial charge in [0.25, 0.3) is 0 Å². The number of carbonyl (C=O) groups is 1. The summed E-state index contributed by atoms with van der Waals surface area (Å²) in [6.07, 6.45) is -0.0175. The lowest BCUT2D eigenvalue weighted by Gasteiger charge is -2.19. The number of ether oxygens (including phenoxy) is 1. The fourth-order valence-corrected chi connectivity index (χ4v) is 2.11. The molecule has 0 spiro atoms. The summed E-state index contributed by atoms with van der Waals surface area (Å²) in [5.41, 5.74) is 0.843. The van der Waals surface area contributed by atoms with Crippen LogP contribution in [-0.4, -0.2) is 41.8 Å². The van der Waals surface area contributed by atoms with Crippen LogP contribution in [0.3, 0.4) is 0 Å². The Labute approximate surface area is 115 Å². The first-order valence-corrected chi connectivity index (χ1v) is 6.26. The number of amides is 2. The number of nitrogens with zero attached hydrogens (tertiary/aromatic N) is 1. The first-order valence-electron chi connectivity index (χ1n) is 6.26. The van der Waals surface area contributed by atoms with Crippen LogP contribution in [-0.2, 0) is 0 Å². The van der Waals surface area contributed by atoms with Crippen LogP contribution in [0.5, 0.6) is 5.75 Å². The highest BCUT2D eigenvalue weighted by Crippen LogP contribution is 2.30. The molecule has 7 heteroatoms. The highest BCUT2D eigenvalue weighted by atomic mass is 19.3. The second kappa shape index (κ2) is 6.04. The standard InChI is InChI=1S/C13H16F2N2O3/c1-8-3-2-4-10(20-12(14)15)11(8)16-13(19)17-6-5-9(18)7-17/h2-4,9,12,18H,5-7H2,1H3,(H,16,19)/t9-/m1/s1. The van der Waals surface area contributed by atoms with Crippen LogP contribution < -0.4 is 10.1 Å². The number of halogens is 2. The molecule has 1 fully saturated rings. The molecule has 5 nitrogen and oxygen atoms in total. The normalized spacial score (nSPS) is 18.4. The van der Waals surface area contributed by atoms with E-state index < -0.39 is 18.7 Å². The number of para-hydroxylation sites is 1. The summed E-state index contributed by atoms with van der Waals surface area (Å²) in [5, 5.41) is 12.0. The molecule has 2 N–H and O–H groups in total. The van der Waals surface area contributed by atoms with Gasteiger partial charge in [0.2, 0.25) is 0 Å². The van der Waals surface area contributed by atoms with Gasteiger partial charge in [-0.1, -0.05) is 12.1 Å². The molecule has 1 aromatic rings. The Morgan fingerprint density at radius 1 is 1.55 bits per heavy atom. The zero-order valence-electron chi connectivity index (χ0n) is 11.0. The number of likely N-dealkylation sites (tertiary alicyclic amines) is 1. The minimum Gasteiger partial charge on any atom is -0.433 e. The number of β-amino-alcohol motifs (C(OH)–C–C–N with tert-alkyl or cyclic N) is 1. The van der Waals surface area contributed by atoms with Crippen LogP contribution in [0.4, 0.5) is 19.3 Å². The van der Waals surface area contributed by atoms with E-state index in [4.69, 9.17) is 0 Å². The number of rotatable bonds is 3. The van der Waals surface area contributed by atoms with Gasteiger partial charge in [-0.2, -0.15) is 8.78 Å². The van der Waals surface area contributed by atoms with Gasteiger partial charge in [0, 0.05) is 13.1 Å². The van der Waals surface area contributed by atoms with Crippen LogP contribution in [0, 0.1) is 6.92 Å². The molecular formula is C13H16F2N2O3. The number of alkyl halides is 2. The number of carbonyl (C=O) groups excluding carboxylic acids is 1. The van der Waals surface area contributed by atoms with E-state index in [-0.39, 0.29) is 18.0 Å². The minimum absolute atomic E-state index is 0.0758. The van der Waals surface area contributed by atoms with Crippen molar-refractivity contribution in [2.45, 2.75) is 26.1 Å². The number of anilines is 1. The molecule has 0 aromatic heterocycles. The van der Waals surface area contributed by atoms with Crippen LogP contribution >= 0.6 is 0 Å². The molecule has 1 aromatic carbocycles. The van der Waals surface area contributed by atoms with Crippen molar-refractivity contribution in [3.8, 4) is 5.75 Å². The number of urea groups is 1. The predicted octanol–water partition coefficient (Wildman–Crippen LogP) is 2.19. The zero-order valence-corrected chi connectivity index (χ0v) is 11.0. The van der Waals surface area contributed by atoms with Gasteiger partial charge < -0.3 is 20.1 Å². The third-order valence-electron chi connectivity index (χ3n) is 3.13. The largest absolute Gasteiger partial charge is 0.433 e. The monoisotopic (exact) mass is 286 g/mol. The van der Waals surface area contributed by atoms with Crippen molar-refractivity contribution in [3.05, 3.63) is 23.8 Å². The molecule has 0 bridgehead atoms. The van der Waals surface area contributed by atoms with E-state index >= 15 is 0 Å². The fraction of sp³-hybridized carbons (Fsp3) is 0.462. The molecule has 0 saturated carbocycles. The van der Waals surface area contributed by atoms with Crippen LogP contribution in [0.1, 0.15) is 12.0 Å². The summed E-state index contributed by atoms with van der Waals surface area (Å²) in [4.78, 5) is 13.4. The van der Waals surface area contributed by atoms with Crippen LogP contribution in [0.25, 0.3) is 0 Å². The Morgan fingerprint density at radius 3 is 2.90 bits per heavy atom. The molecular weight excluding hydrogens is 270 g/mol. The highest BCUT2D eigenvalue weighted by molar-refractivity contribution is 5.92. The number of benzene rings is 1. The molecule has 1 saturated heterocycles. The zero-order chi connectivity index (χ0) is 14.7. The van der Waals surface area contributed by atoms with Crippen molar-refractivity contribution in [2.75, 3.05) is 18.4 Å².